The Morgan fingerprint density at radius 2 is 2.57 bits per heavy atom. The molecule has 1 N–H and O–H groups in total. The summed E-state index contributed by atoms with van der Waals surface area (Å²) in [6, 6.07) is 0.169. The molecule has 0 atom stereocenters. The number of rotatable bonds is 4. The molecule has 0 spiro atoms. The molecule has 0 aliphatic rings. The number of hydrogen-bond donors (Lipinski definition) is 1. The lowest BCUT2D eigenvalue weighted by molar-refractivity contribution is 0.377. The molecule has 0 unspecified atom stereocenters. The Labute approximate surface area is 79.4 Å². The van der Waals surface area contributed by atoms with Crippen LogP contribution in [0, 0.1) is 0 Å². The summed E-state index contributed by atoms with van der Waals surface area (Å²) < 4.78 is 4.73. The van der Waals surface area contributed by atoms with Crippen molar-refractivity contribution in [1.82, 2.24) is 9.97 Å². The van der Waals surface area contributed by atoms with Crippen LogP contribution in [0.1, 0.15) is 5.56 Å². The number of aromatic amines is 1. The number of nitrogens with zero attached hydrogens (tertiary/aromatic N) is 4. The number of methoxy groups -OCH3 is 1. The predicted molar refractivity (Wildman–Crippen MR) is 49.1 cm³/mol. The smallest absolute Gasteiger partial charge is 0.296 e. The van der Waals surface area contributed by atoms with Crippen molar-refractivity contribution in [3.05, 3.63) is 32.6 Å². The Morgan fingerprint density at radius 3 is 3.14 bits per heavy atom. The van der Waals surface area contributed by atoms with E-state index in [1.54, 1.807) is 0 Å². The van der Waals surface area contributed by atoms with E-state index in [1.807, 2.05) is 0 Å². The van der Waals surface area contributed by atoms with Crippen LogP contribution in [0.2, 0.25) is 0 Å². The van der Waals surface area contributed by atoms with Gasteiger partial charge in [0, 0.05) is 23.2 Å². The Balaban J connectivity index is 2.78. The highest BCUT2D eigenvalue weighted by molar-refractivity contribution is 5.08. The second-order valence-electron chi connectivity index (χ2n) is 2.45. The van der Waals surface area contributed by atoms with E-state index in [9.17, 15) is 4.79 Å². The van der Waals surface area contributed by atoms with Gasteiger partial charge in [0.2, 0.25) is 0 Å². The molecule has 1 rings (SSSR count). The normalized spacial score (nSPS) is 9.21. The van der Waals surface area contributed by atoms with Crippen molar-refractivity contribution in [2.24, 2.45) is 5.11 Å². The predicted octanol–water partition coefficient (Wildman–Crippen LogP) is 0.631. The van der Waals surface area contributed by atoms with Crippen LogP contribution in [0.3, 0.4) is 0 Å². The second kappa shape index (κ2) is 4.88. The number of nitrogens with one attached hydrogen (secondary N) is 1. The minimum absolute atomic E-state index is 0.169. The number of ether oxygens (including phenoxy) is 1. The molecule has 1 aromatic rings. The summed E-state index contributed by atoms with van der Waals surface area (Å²) in [6.45, 7) is 0.244. The first-order valence-electron chi connectivity index (χ1n) is 3.91. The standard InChI is InChI=1S/C7H9N5O2/c1-14-7-9-4-5(6(13)11-7)2-3-10-12-8/h4H,2-3H2,1H3,(H,9,11,13). The largest absolute Gasteiger partial charge is 0.468 e. The minimum Gasteiger partial charge on any atom is -0.468 e. The Kier molecular flexibility index (Phi) is 3.51. The summed E-state index contributed by atoms with van der Waals surface area (Å²) in [7, 11) is 1.41. The summed E-state index contributed by atoms with van der Waals surface area (Å²) in [6.07, 6.45) is 1.78. The van der Waals surface area contributed by atoms with Crippen LogP contribution in [0.15, 0.2) is 16.1 Å². The summed E-state index contributed by atoms with van der Waals surface area (Å²) >= 11 is 0. The lowest BCUT2D eigenvalue weighted by Gasteiger charge is -1.99. The number of H-pyrrole nitrogens is 1. The highest BCUT2D eigenvalue weighted by Gasteiger charge is 2.01. The van der Waals surface area contributed by atoms with Gasteiger partial charge < -0.3 is 4.74 Å². The summed E-state index contributed by atoms with van der Waals surface area (Å²) in [4.78, 5) is 20.1. The fraction of sp³-hybridized carbons (Fsp3) is 0.429. The molecular formula is C7H9N5O2. The van der Waals surface area contributed by atoms with E-state index in [4.69, 9.17) is 10.3 Å². The maximum absolute atomic E-state index is 11.3. The van der Waals surface area contributed by atoms with Crippen LogP contribution in [-0.4, -0.2) is 23.6 Å². The van der Waals surface area contributed by atoms with Crippen LogP contribution in [0.25, 0.3) is 10.4 Å². The van der Waals surface area contributed by atoms with Gasteiger partial charge in [-0.3, -0.25) is 9.78 Å². The van der Waals surface area contributed by atoms with Gasteiger partial charge in [0.1, 0.15) is 0 Å². The van der Waals surface area contributed by atoms with E-state index in [2.05, 4.69) is 20.0 Å². The molecule has 1 aromatic heterocycles. The Morgan fingerprint density at radius 1 is 1.79 bits per heavy atom. The van der Waals surface area contributed by atoms with Gasteiger partial charge in [-0.05, 0) is 12.0 Å². The quantitative estimate of drug-likeness (QED) is 0.432. The molecule has 1 heterocycles. The Hall–Kier alpha value is -2.01. The molecule has 0 saturated heterocycles. The van der Waals surface area contributed by atoms with Gasteiger partial charge in [0.15, 0.2) is 0 Å². The molecule has 0 aromatic carbocycles. The van der Waals surface area contributed by atoms with Gasteiger partial charge >= 0.3 is 0 Å². The summed E-state index contributed by atoms with van der Waals surface area (Å²) in [5.74, 6) is 0. The van der Waals surface area contributed by atoms with Crippen molar-refractivity contribution in [2.45, 2.75) is 6.42 Å². The first-order chi connectivity index (χ1) is 6.77. The minimum atomic E-state index is -0.273. The molecule has 14 heavy (non-hydrogen) atoms. The third-order valence-corrected chi connectivity index (χ3v) is 1.59. The van der Waals surface area contributed by atoms with Crippen molar-refractivity contribution in [3.63, 3.8) is 0 Å². The third-order valence-electron chi connectivity index (χ3n) is 1.59. The Bertz CT molecular complexity index is 407. The topological polar surface area (TPSA) is 104 Å². The first-order valence-corrected chi connectivity index (χ1v) is 3.91. The highest BCUT2D eigenvalue weighted by atomic mass is 16.5. The van der Waals surface area contributed by atoms with E-state index in [0.29, 0.717) is 12.0 Å². The van der Waals surface area contributed by atoms with E-state index >= 15 is 0 Å². The van der Waals surface area contributed by atoms with Gasteiger partial charge in [-0.15, -0.1) is 0 Å². The van der Waals surface area contributed by atoms with Gasteiger partial charge in [-0.25, -0.2) is 4.98 Å². The van der Waals surface area contributed by atoms with Crippen molar-refractivity contribution in [2.75, 3.05) is 13.7 Å². The SMILES string of the molecule is COc1ncc(CCN=[N+]=[N-])c(=O)[nH]1. The highest BCUT2D eigenvalue weighted by Crippen LogP contribution is 1.97. The first kappa shape index (κ1) is 10.1. The monoisotopic (exact) mass is 195 g/mol. The average molecular weight is 195 g/mol. The summed E-state index contributed by atoms with van der Waals surface area (Å²) in [5.41, 5.74) is 8.23. The second-order valence-corrected chi connectivity index (χ2v) is 2.45. The van der Waals surface area contributed by atoms with Gasteiger partial charge in [-0.2, -0.15) is 0 Å². The molecule has 74 valence electrons. The van der Waals surface area contributed by atoms with Crippen LogP contribution in [-0.2, 0) is 6.42 Å². The zero-order chi connectivity index (χ0) is 10.4. The van der Waals surface area contributed by atoms with Gasteiger partial charge in [-0.1, -0.05) is 5.11 Å². The van der Waals surface area contributed by atoms with Crippen molar-refractivity contribution in [1.29, 1.82) is 0 Å². The maximum atomic E-state index is 11.3. The molecule has 0 saturated carbocycles. The van der Waals surface area contributed by atoms with Crippen LogP contribution in [0.4, 0.5) is 0 Å². The average Bonchev–Trinajstić information content (AvgIpc) is 2.20. The molecule has 0 aliphatic heterocycles. The van der Waals surface area contributed by atoms with E-state index < -0.39 is 0 Å². The van der Waals surface area contributed by atoms with Gasteiger partial charge in [0.25, 0.3) is 11.6 Å². The number of aromatic nitrogens is 2. The van der Waals surface area contributed by atoms with Crippen LogP contribution < -0.4 is 10.3 Å². The molecule has 0 radical (unpaired) electrons. The van der Waals surface area contributed by atoms with Crippen molar-refractivity contribution < 1.29 is 4.74 Å². The lowest BCUT2D eigenvalue weighted by atomic mass is 10.2. The van der Waals surface area contributed by atoms with E-state index in [-0.39, 0.29) is 18.1 Å². The zero-order valence-electron chi connectivity index (χ0n) is 7.60. The zero-order valence-corrected chi connectivity index (χ0v) is 7.60. The molecule has 7 nitrogen and oxygen atoms in total. The maximum Gasteiger partial charge on any atom is 0.296 e. The number of azide groups is 1. The summed E-state index contributed by atoms with van der Waals surface area (Å²) in [5, 5.41) is 3.32. The lowest BCUT2D eigenvalue weighted by Crippen LogP contribution is -2.15. The molecular weight excluding hydrogens is 186 g/mol. The van der Waals surface area contributed by atoms with E-state index in [1.165, 1.54) is 13.3 Å². The molecule has 0 aliphatic carbocycles. The fourth-order valence-corrected chi connectivity index (χ4v) is 0.902. The third kappa shape index (κ3) is 2.49. The molecule has 0 bridgehead atoms. The van der Waals surface area contributed by atoms with Crippen LogP contribution in [0.5, 0.6) is 6.01 Å². The molecule has 7 heteroatoms. The van der Waals surface area contributed by atoms with Crippen molar-refractivity contribution in [3.8, 4) is 6.01 Å². The van der Waals surface area contributed by atoms with E-state index in [0.717, 1.165) is 0 Å². The van der Waals surface area contributed by atoms with Crippen LogP contribution >= 0.6 is 0 Å². The molecule has 0 fully saturated rings. The van der Waals surface area contributed by atoms with Gasteiger partial charge in [0.05, 0.1) is 7.11 Å². The van der Waals surface area contributed by atoms with Crippen molar-refractivity contribution >= 4 is 0 Å². The number of hydrogen-bond acceptors (Lipinski definition) is 4. The molecule has 0 amide bonds. The fourth-order valence-electron chi connectivity index (χ4n) is 0.902.